The molecule has 7 heteroatoms. The number of benzene rings is 2. The molecule has 1 saturated heterocycles. The number of rotatable bonds is 4. The summed E-state index contributed by atoms with van der Waals surface area (Å²) in [5.41, 5.74) is 0.180. The van der Waals surface area contributed by atoms with Crippen molar-refractivity contribution >= 4 is 11.6 Å². The molecule has 1 unspecified atom stereocenters. The number of ether oxygens (including phenoxy) is 1. The van der Waals surface area contributed by atoms with Gasteiger partial charge in [-0.15, -0.1) is 0 Å². The van der Waals surface area contributed by atoms with Crippen LogP contribution in [0.5, 0.6) is 5.75 Å². The Hall–Kier alpha value is -2.93. The smallest absolute Gasteiger partial charge is 0.273 e. The third-order valence-corrected chi connectivity index (χ3v) is 5.02. The van der Waals surface area contributed by atoms with Crippen molar-refractivity contribution < 1.29 is 19.6 Å². The molecular weight excluding hydrogens is 348 g/mol. The van der Waals surface area contributed by atoms with Crippen LogP contribution in [-0.4, -0.2) is 41.0 Å². The Morgan fingerprint density at radius 1 is 1.30 bits per heavy atom. The van der Waals surface area contributed by atoms with E-state index in [9.17, 15) is 20.0 Å². The number of aryl methyl sites for hydroxylation is 1. The number of amides is 1. The highest BCUT2D eigenvalue weighted by atomic mass is 16.6. The molecule has 1 aliphatic rings. The van der Waals surface area contributed by atoms with Gasteiger partial charge < -0.3 is 14.7 Å². The zero-order chi connectivity index (χ0) is 19.6. The van der Waals surface area contributed by atoms with Crippen molar-refractivity contribution in [1.82, 2.24) is 4.90 Å². The lowest BCUT2D eigenvalue weighted by Crippen LogP contribution is -2.48. The van der Waals surface area contributed by atoms with Crippen LogP contribution in [0.25, 0.3) is 0 Å². The van der Waals surface area contributed by atoms with Gasteiger partial charge in [0.25, 0.3) is 11.6 Å². The first-order chi connectivity index (χ1) is 12.8. The van der Waals surface area contributed by atoms with Crippen LogP contribution in [0, 0.1) is 17.0 Å². The van der Waals surface area contributed by atoms with Gasteiger partial charge in [0, 0.05) is 23.7 Å². The maximum atomic E-state index is 12.9. The van der Waals surface area contributed by atoms with Crippen molar-refractivity contribution in [2.24, 2.45) is 0 Å². The highest BCUT2D eigenvalue weighted by Crippen LogP contribution is 2.34. The van der Waals surface area contributed by atoms with Gasteiger partial charge in [-0.1, -0.05) is 18.2 Å². The van der Waals surface area contributed by atoms with Crippen LogP contribution >= 0.6 is 0 Å². The minimum Gasteiger partial charge on any atom is -0.497 e. The minimum absolute atomic E-state index is 0.0825. The fraction of sp³-hybridized carbons (Fsp3) is 0.350. The normalized spacial score (nSPS) is 19.6. The van der Waals surface area contributed by atoms with Crippen LogP contribution in [0.3, 0.4) is 0 Å². The van der Waals surface area contributed by atoms with E-state index < -0.39 is 10.5 Å². The van der Waals surface area contributed by atoms with Gasteiger partial charge in [-0.3, -0.25) is 14.9 Å². The molecule has 1 N–H and O–H groups in total. The van der Waals surface area contributed by atoms with Crippen molar-refractivity contribution in [2.45, 2.75) is 25.4 Å². The molecule has 1 heterocycles. The Morgan fingerprint density at radius 3 is 2.78 bits per heavy atom. The molecule has 1 atom stereocenters. The number of nitro groups is 1. The molecule has 0 aliphatic carbocycles. The van der Waals surface area contributed by atoms with Gasteiger partial charge in [0.15, 0.2) is 0 Å². The van der Waals surface area contributed by atoms with Gasteiger partial charge in [-0.25, -0.2) is 0 Å². The molecule has 0 bridgehead atoms. The van der Waals surface area contributed by atoms with E-state index >= 15 is 0 Å². The molecule has 1 fully saturated rings. The summed E-state index contributed by atoms with van der Waals surface area (Å²) in [7, 11) is 1.56. The molecule has 1 amide bonds. The Kier molecular flexibility index (Phi) is 5.14. The maximum absolute atomic E-state index is 12.9. The summed E-state index contributed by atoms with van der Waals surface area (Å²) >= 11 is 0. The van der Waals surface area contributed by atoms with E-state index in [1.165, 1.54) is 6.07 Å². The number of aliphatic hydroxyl groups is 1. The monoisotopic (exact) mass is 370 g/mol. The molecular formula is C20H22N2O5. The Morgan fingerprint density at radius 2 is 2.07 bits per heavy atom. The van der Waals surface area contributed by atoms with Crippen LogP contribution in [0.2, 0.25) is 0 Å². The van der Waals surface area contributed by atoms with E-state index in [1.54, 1.807) is 49.3 Å². The van der Waals surface area contributed by atoms with E-state index in [4.69, 9.17) is 4.74 Å². The van der Waals surface area contributed by atoms with Gasteiger partial charge in [0.05, 0.1) is 18.6 Å². The third-order valence-electron chi connectivity index (χ3n) is 5.02. The fourth-order valence-corrected chi connectivity index (χ4v) is 3.48. The highest BCUT2D eigenvalue weighted by Gasteiger charge is 2.37. The van der Waals surface area contributed by atoms with E-state index in [2.05, 4.69) is 0 Å². The summed E-state index contributed by atoms with van der Waals surface area (Å²) in [4.78, 5) is 25.1. The first kappa shape index (κ1) is 18.8. The number of hydrogen-bond donors (Lipinski definition) is 1. The van der Waals surface area contributed by atoms with Gasteiger partial charge in [0.2, 0.25) is 0 Å². The third kappa shape index (κ3) is 3.78. The number of likely N-dealkylation sites (tertiary alicyclic amines) is 1. The number of hydrogen-bond acceptors (Lipinski definition) is 5. The average molecular weight is 370 g/mol. The van der Waals surface area contributed by atoms with Crippen LogP contribution in [0.15, 0.2) is 42.5 Å². The predicted molar refractivity (Wildman–Crippen MR) is 99.9 cm³/mol. The summed E-state index contributed by atoms with van der Waals surface area (Å²) < 4.78 is 5.23. The minimum atomic E-state index is -1.18. The standard InChI is InChI=1S/C20H22N2O5/c1-14-7-8-15(11-18(14)22(25)26)19(23)21-10-4-9-20(24,13-21)16-5-3-6-17(12-16)27-2/h3,5-8,11-12,24H,4,9-10,13H2,1-2H3. The largest absolute Gasteiger partial charge is 0.497 e. The van der Waals surface area contributed by atoms with Crippen molar-refractivity contribution in [1.29, 1.82) is 0 Å². The lowest BCUT2D eigenvalue weighted by molar-refractivity contribution is -0.385. The summed E-state index contributed by atoms with van der Waals surface area (Å²) in [5, 5.41) is 22.3. The van der Waals surface area contributed by atoms with Gasteiger partial charge in [-0.2, -0.15) is 0 Å². The topological polar surface area (TPSA) is 92.9 Å². The van der Waals surface area contributed by atoms with E-state index in [0.717, 1.165) is 0 Å². The number of piperidine rings is 1. The van der Waals surface area contributed by atoms with Crippen molar-refractivity contribution in [2.75, 3.05) is 20.2 Å². The van der Waals surface area contributed by atoms with E-state index in [-0.39, 0.29) is 23.7 Å². The van der Waals surface area contributed by atoms with Crippen molar-refractivity contribution in [3.63, 3.8) is 0 Å². The Bertz CT molecular complexity index is 882. The quantitative estimate of drug-likeness (QED) is 0.660. The summed E-state index contributed by atoms with van der Waals surface area (Å²) in [5.74, 6) is 0.317. The number of carbonyl (C=O) groups is 1. The second kappa shape index (κ2) is 7.36. The lowest BCUT2D eigenvalue weighted by atomic mass is 9.85. The van der Waals surface area contributed by atoms with Crippen molar-refractivity contribution in [3.8, 4) is 5.75 Å². The van der Waals surface area contributed by atoms with E-state index in [1.807, 2.05) is 6.07 Å². The van der Waals surface area contributed by atoms with Gasteiger partial charge in [0.1, 0.15) is 11.4 Å². The zero-order valence-electron chi connectivity index (χ0n) is 15.3. The van der Waals surface area contributed by atoms with Crippen LogP contribution in [0.4, 0.5) is 5.69 Å². The average Bonchev–Trinajstić information content (AvgIpc) is 2.67. The van der Waals surface area contributed by atoms with Gasteiger partial charge >= 0.3 is 0 Å². The van der Waals surface area contributed by atoms with E-state index in [0.29, 0.717) is 36.3 Å². The summed E-state index contributed by atoms with van der Waals surface area (Å²) in [6.45, 7) is 2.25. The number of nitrogens with zero attached hydrogens (tertiary/aromatic N) is 2. The number of β-amino-alcohol motifs (C(OH)–C–C–N with tert-alkyl or cyclic N) is 1. The molecule has 2 aromatic carbocycles. The Labute approximate surface area is 157 Å². The van der Waals surface area contributed by atoms with Gasteiger partial charge in [-0.05, 0) is 43.5 Å². The van der Waals surface area contributed by atoms with Crippen LogP contribution in [0.1, 0.15) is 34.3 Å². The molecule has 1 aliphatic heterocycles. The molecule has 0 aromatic heterocycles. The fourth-order valence-electron chi connectivity index (χ4n) is 3.48. The molecule has 0 radical (unpaired) electrons. The first-order valence-corrected chi connectivity index (χ1v) is 8.75. The van der Waals surface area contributed by atoms with Crippen molar-refractivity contribution in [3.05, 3.63) is 69.3 Å². The van der Waals surface area contributed by atoms with Crippen LogP contribution in [-0.2, 0) is 5.60 Å². The lowest BCUT2D eigenvalue weighted by Gasteiger charge is -2.39. The SMILES string of the molecule is COc1cccc(C2(O)CCCN(C(=O)c3ccc(C)c([N+](=O)[O-])c3)C2)c1. The second-order valence-corrected chi connectivity index (χ2v) is 6.85. The maximum Gasteiger partial charge on any atom is 0.273 e. The number of nitro benzene ring substituents is 1. The Balaban J connectivity index is 1.86. The zero-order valence-corrected chi connectivity index (χ0v) is 15.3. The second-order valence-electron chi connectivity index (χ2n) is 6.85. The summed E-state index contributed by atoms with van der Waals surface area (Å²) in [6, 6.07) is 11.6. The molecule has 0 spiro atoms. The van der Waals surface area contributed by atoms with Crippen LogP contribution < -0.4 is 4.74 Å². The molecule has 142 valence electrons. The molecule has 3 rings (SSSR count). The highest BCUT2D eigenvalue weighted by molar-refractivity contribution is 5.95. The molecule has 7 nitrogen and oxygen atoms in total. The number of carbonyl (C=O) groups excluding carboxylic acids is 1. The molecule has 0 saturated carbocycles. The predicted octanol–water partition coefficient (Wildman–Crippen LogP) is 3.04. The number of methoxy groups -OCH3 is 1. The molecule has 2 aromatic rings. The molecule has 27 heavy (non-hydrogen) atoms. The first-order valence-electron chi connectivity index (χ1n) is 8.75. The summed E-state index contributed by atoms with van der Waals surface area (Å²) in [6.07, 6.45) is 1.16.